The standard InChI is InChI=1S/C64H46N4O/c1-64(2)56-19-8-6-15-52(56)53-37-36-50(40-57(53)64)68-60-21-10-9-20-58(60)65-41-66-59-39-46(29-38-61(59)68)44-25-32-48(33-26-44)67(47-30-23-43(24-31-47)42-13-4-3-5-14-42)49-34-27-45(28-35-49)51-17-12-18-55-54-16-7-11-22-62(54)69-63(51)55/h3-41H,1-2H3,(H,65,66). The number of H-pyrrole nitrogens is 1. The Morgan fingerprint density at radius 1 is 0.449 bits per heavy atom. The Hall–Kier alpha value is -8.93. The lowest BCUT2D eigenvalue weighted by Gasteiger charge is -2.26. The van der Waals surface area contributed by atoms with E-state index < -0.39 is 0 Å². The largest absolute Gasteiger partial charge is 0.455 e. The number of aromatic amines is 1. The Morgan fingerprint density at radius 3 is 1.83 bits per heavy atom. The highest BCUT2D eigenvalue weighted by Gasteiger charge is 2.35. The number of benzene rings is 10. The highest BCUT2D eigenvalue weighted by Crippen LogP contribution is 2.49. The molecular formula is C64H46N4O. The number of nitrogens with zero attached hydrogens (tertiary/aromatic N) is 3. The first-order valence-electron chi connectivity index (χ1n) is 23.6. The summed E-state index contributed by atoms with van der Waals surface area (Å²) in [6, 6.07) is 82.6. The Morgan fingerprint density at radius 2 is 1.04 bits per heavy atom. The zero-order chi connectivity index (χ0) is 46.1. The van der Waals surface area contributed by atoms with E-state index in [2.05, 4.69) is 241 Å². The number of anilines is 3. The molecule has 328 valence electrons. The van der Waals surface area contributed by atoms with Crippen molar-refractivity contribution in [3.63, 3.8) is 0 Å². The highest BCUT2D eigenvalue weighted by molar-refractivity contribution is 6.09. The molecule has 13 rings (SSSR count). The van der Waals surface area contributed by atoms with E-state index in [9.17, 15) is 0 Å². The maximum atomic E-state index is 6.44. The Bertz CT molecular complexity index is 3970. The molecule has 5 heteroatoms. The molecule has 1 aliphatic carbocycles. The molecule has 69 heavy (non-hydrogen) atoms. The van der Waals surface area contributed by atoms with Gasteiger partial charge in [0.25, 0.3) is 0 Å². The molecule has 1 aliphatic rings. The third-order valence-electron chi connectivity index (χ3n) is 14.1. The number of rotatable bonds is 7. The third kappa shape index (κ3) is 6.81. The molecule has 0 fully saturated rings. The molecule has 12 aromatic rings. The van der Waals surface area contributed by atoms with Crippen molar-refractivity contribution in [2.45, 2.75) is 19.3 Å². The van der Waals surface area contributed by atoms with Crippen LogP contribution in [-0.4, -0.2) is 14.5 Å². The van der Waals surface area contributed by atoms with Gasteiger partial charge in [0.05, 0.1) is 28.4 Å². The SMILES string of the molecule is CC1(C)c2ccccc2-c2ccc(-n3c4ccccc4nc[nH]c4cc(-c5ccc(N(c6ccc(-c7ccccc7)cc6)c6ccc(-c7cccc8c7oc7ccccc78)cc6)cc5)ccc43)cc21. The predicted octanol–water partition coefficient (Wildman–Crippen LogP) is 17.3. The first-order valence-corrected chi connectivity index (χ1v) is 23.6. The molecule has 1 N–H and O–H groups in total. The number of aromatic nitrogens is 3. The van der Waals surface area contributed by atoms with E-state index in [1.807, 2.05) is 24.5 Å². The van der Waals surface area contributed by atoms with E-state index in [-0.39, 0.29) is 5.41 Å². The minimum atomic E-state index is -0.129. The second kappa shape index (κ2) is 16.1. The molecule has 0 saturated heterocycles. The summed E-state index contributed by atoms with van der Waals surface area (Å²) < 4.78 is 8.79. The lowest BCUT2D eigenvalue weighted by Crippen LogP contribution is -2.15. The Labute approximate surface area is 400 Å². The number of para-hydroxylation sites is 4. The number of hydrogen-bond acceptors (Lipinski definition) is 3. The van der Waals surface area contributed by atoms with Gasteiger partial charge in [0.2, 0.25) is 0 Å². The van der Waals surface area contributed by atoms with Gasteiger partial charge < -0.3 is 18.9 Å². The predicted molar refractivity (Wildman–Crippen MR) is 286 cm³/mol. The van der Waals surface area contributed by atoms with Crippen molar-refractivity contribution in [1.82, 2.24) is 14.5 Å². The van der Waals surface area contributed by atoms with Gasteiger partial charge in [-0.2, -0.15) is 0 Å². The van der Waals surface area contributed by atoms with Crippen LogP contribution in [0.2, 0.25) is 0 Å². The molecular weight excluding hydrogens is 841 g/mol. The van der Waals surface area contributed by atoms with Gasteiger partial charge in [-0.15, -0.1) is 0 Å². The van der Waals surface area contributed by atoms with E-state index in [0.29, 0.717) is 0 Å². The van der Waals surface area contributed by atoms with Gasteiger partial charge in [-0.1, -0.05) is 166 Å². The second-order valence-corrected chi connectivity index (χ2v) is 18.5. The van der Waals surface area contributed by atoms with Crippen LogP contribution in [0, 0.1) is 0 Å². The van der Waals surface area contributed by atoms with E-state index in [0.717, 1.165) is 89.0 Å². The summed E-state index contributed by atoms with van der Waals surface area (Å²) in [5.41, 5.74) is 21.9. The quantitative estimate of drug-likeness (QED) is 0.173. The molecule has 0 aliphatic heterocycles. The van der Waals surface area contributed by atoms with Crippen LogP contribution in [0.3, 0.4) is 0 Å². The first kappa shape index (κ1) is 40.4. The number of fused-ring (bicyclic) bond motifs is 8. The summed E-state index contributed by atoms with van der Waals surface area (Å²) in [5.74, 6) is 0. The van der Waals surface area contributed by atoms with E-state index in [1.54, 1.807) is 0 Å². The van der Waals surface area contributed by atoms with E-state index in [1.165, 1.54) is 33.4 Å². The van der Waals surface area contributed by atoms with Crippen LogP contribution in [0.4, 0.5) is 17.1 Å². The monoisotopic (exact) mass is 886 g/mol. The maximum Gasteiger partial charge on any atom is 0.143 e. The van der Waals surface area contributed by atoms with Gasteiger partial charge in [0.15, 0.2) is 0 Å². The molecule has 2 aromatic heterocycles. The summed E-state index contributed by atoms with van der Waals surface area (Å²) in [4.78, 5) is 10.8. The zero-order valence-electron chi connectivity index (χ0n) is 38.3. The Kier molecular flexibility index (Phi) is 9.44. The molecule has 5 nitrogen and oxygen atoms in total. The number of furan rings is 1. The summed E-state index contributed by atoms with van der Waals surface area (Å²) in [6.07, 6.45) is 1.81. The first-order chi connectivity index (χ1) is 34.0. The van der Waals surface area contributed by atoms with Crippen molar-refractivity contribution in [2.24, 2.45) is 0 Å². The fourth-order valence-electron chi connectivity index (χ4n) is 10.6. The van der Waals surface area contributed by atoms with Crippen molar-refractivity contribution in [1.29, 1.82) is 0 Å². The molecule has 0 saturated carbocycles. The van der Waals surface area contributed by atoms with Crippen LogP contribution in [-0.2, 0) is 5.41 Å². The normalized spacial score (nSPS) is 12.6. The molecule has 0 radical (unpaired) electrons. The lowest BCUT2D eigenvalue weighted by molar-refractivity contribution is 0.660. The van der Waals surface area contributed by atoms with Gasteiger partial charge in [0, 0.05) is 44.5 Å². The van der Waals surface area contributed by atoms with Crippen LogP contribution >= 0.6 is 0 Å². The smallest absolute Gasteiger partial charge is 0.143 e. The molecule has 0 amide bonds. The van der Waals surface area contributed by atoms with Gasteiger partial charge in [-0.3, -0.25) is 0 Å². The van der Waals surface area contributed by atoms with Gasteiger partial charge >= 0.3 is 0 Å². The summed E-state index contributed by atoms with van der Waals surface area (Å²) in [7, 11) is 0. The average Bonchev–Trinajstić information content (AvgIpc) is 3.89. The average molecular weight is 887 g/mol. The summed E-state index contributed by atoms with van der Waals surface area (Å²) >= 11 is 0. The van der Waals surface area contributed by atoms with Crippen molar-refractivity contribution in [3.05, 3.63) is 248 Å². The number of nitrogens with one attached hydrogen (secondary N) is 1. The molecule has 0 spiro atoms. The van der Waals surface area contributed by atoms with Crippen molar-refractivity contribution >= 4 is 61.1 Å². The van der Waals surface area contributed by atoms with E-state index >= 15 is 0 Å². The van der Waals surface area contributed by atoms with Crippen molar-refractivity contribution in [2.75, 3.05) is 4.90 Å². The van der Waals surface area contributed by atoms with Crippen LogP contribution in [0.5, 0.6) is 0 Å². The van der Waals surface area contributed by atoms with Crippen LogP contribution in [0.15, 0.2) is 241 Å². The van der Waals surface area contributed by atoms with Crippen LogP contribution < -0.4 is 4.90 Å². The summed E-state index contributed by atoms with van der Waals surface area (Å²) in [6.45, 7) is 4.67. The minimum Gasteiger partial charge on any atom is -0.455 e. The third-order valence-corrected chi connectivity index (χ3v) is 14.1. The molecule has 0 bridgehead atoms. The van der Waals surface area contributed by atoms with Crippen LogP contribution in [0.1, 0.15) is 25.0 Å². The van der Waals surface area contributed by atoms with Gasteiger partial charge in [0.1, 0.15) is 11.2 Å². The fourth-order valence-corrected chi connectivity index (χ4v) is 10.6. The molecule has 2 heterocycles. The maximum absolute atomic E-state index is 6.44. The van der Waals surface area contributed by atoms with E-state index in [4.69, 9.17) is 9.40 Å². The molecule has 0 atom stereocenters. The highest BCUT2D eigenvalue weighted by atomic mass is 16.3. The molecule has 10 aromatic carbocycles. The topological polar surface area (TPSA) is 50.0 Å². The van der Waals surface area contributed by atoms with Gasteiger partial charge in [-0.05, 0) is 129 Å². The van der Waals surface area contributed by atoms with Crippen molar-refractivity contribution < 1.29 is 4.42 Å². The summed E-state index contributed by atoms with van der Waals surface area (Å²) in [5, 5.41) is 2.25. The fraction of sp³-hybridized carbons (Fsp3) is 0.0469. The molecule has 0 unspecified atom stereocenters. The van der Waals surface area contributed by atoms with Crippen LogP contribution in [0.25, 0.3) is 94.2 Å². The minimum absolute atomic E-state index is 0.129. The van der Waals surface area contributed by atoms with Gasteiger partial charge in [-0.25, -0.2) is 4.98 Å². The second-order valence-electron chi connectivity index (χ2n) is 18.5. The van der Waals surface area contributed by atoms with Crippen molar-refractivity contribution in [3.8, 4) is 50.2 Å². The lowest BCUT2D eigenvalue weighted by atomic mass is 9.82. The zero-order valence-corrected chi connectivity index (χ0v) is 38.3. The number of hydrogen-bond donors (Lipinski definition) is 1. The Balaban J connectivity index is 0.891.